The van der Waals surface area contributed by atoms with Crippen LogP contribution >= 0.6 is 11.3 Å². The van der Waals surface area contributed by atoms with Gasteiger partial charge in [0, 0.05) is 29.0 Å². The SMILES string of the molecule is O=C(Nc1ccc(-c2cn3ccsc3n2)cc1)[C@@H]1COc2ccccc2O1. The van der Waals surface area contributed by atoms with Gasteiger partial charge in [0.1, 0.15) is 6.61 Å². The minimum Gasteiger partial charge on any atom is -0.485 e. The number of amides is 1. The molecule has 134 valence electrons. The molecule has 4 aromatic rings. The molecule has 2 aromatic heterocycles. The molecule has 3 heterocycles. The lowest BCUT2D eigenvalue weighted by Crippen LogP contribution is -2.40. The van der Waals surface area contributed by atoms with Crippen LogP contribution < -0.4 is 14.8 Å². The van der Waals surface area contributed by atoms with Gasteiger partial charge in [0.15, 0.2) is 16.5 Å². The van der Waals surface area contributed by atoms with Crippen molar-refractivity contribution in [3.63, 3.8) is 0 Å². The highest BCUT2D eigenvalue weighted by atomic mass is 32.1. The third-order valence-electron chi connectivity index (χ3n) is 4.34. The zero-order chi connectivity index (χ0) is 18.2. The minimum atomic E-state index is -0.681. The van der Waals surface area contributed by atoms with Crippen LogP contribution in [0.1, 0.15) is 0 Å². The summed E-state index contributed by atoms with van der Waals surface area (Å²) < 4.78 is 13.3. The van der Waals surface area contributed by atoms with E-state index in [2.05, 4.69) is 10.3 Å². The molecule has 0 unspecified atom stereocenters. The van der Waals surface area contributed by atoms with Crippen LogP contribution in [0.4, 0.5) is 5.69 Å². The summed E-state index contributed by atoms with van der Waals surface area (Å²) in [7, 11) is 0. The maximum atomic E-state index is 12.5. The zero-order valence-corrected chi connectivity index (χ0v) is 15.0. The summed E-state index contributed by atoms with van der Waals surface area (Å²) in [5, 5.41) is 4.88. The van der Waals surface area contributed by atoms with Crippen molar-refractivity contribution >= 4 is 27.9 Å². The van der Waals surface area contributed by atoms with E-state index in [-0.39, 0.29) is 12.5 Å². The number of anilines is 1. The molecule has 0 radical (unpaired) electrons. The fourth-order valence-corrected chi connectivity index (χ4v) is 3.66. The highest BCUT2D eigenvalue weighted by molar-refractivity contribution is 7.15. The molecule has 27 heavy (non-hydrogen) atoms. The number of hydrogen-bond donors (Lipinski definition) is 1. The third-order valence-corrected chi connectivity index (χ3v) is 5.11. The Morgan fingerprint density at radius 1 is 1.15 bits per heavy atom. The molecule has 0 fully saturated rings. The molecule has 6 nitrogen and oxygen atoms in total. The highest BCUT2D eigenvalue weighted by Crippen LogP contribution is 2.31. The lowest BCUT2D eigenvalue weighted by molar-refractivity contribution is -0.125. The summed E-state index contributed by atoms with van der Waals surface area (Å²) in [6.45, 7) is 0.187. The molecule has 5 rings (SSSR count). The molecular weight excluding hydrogens is 362 g/mol. The number of carbonyl (C=O) groups excluding carboxylic acids is 1. The van der Waals surface area contributed by atoms with Crippen LogP contribution in [0.2, 0.25) is 0 Å². The number of rotatable bonds is 3. The van der Waals surface area contributed by atoms with E-state index >= 15 is 0 Å². The molecule has 0 aliphatic carbocycles. The fourth-order valence-electron chi connectivity index (χ4n) is 2.96. The summed E-state index contributed by atoms with van der Waals surface area (Å²) >= 11 is 1.59. The number of nitrogens with one attached hydrogen (secondary N) is 1. The van der Waals surface area contributed by atoms with Crippen LogP contribution in [0, 0.1) is 0 Å². The smallest absolute Gasteiger partial charge is 0.269 e. The van der Waals surface area contributed by atoms with E-state index in [1.165, 1.54) is 0 Å². The third kappa shape index (κ3) is 3.02. The Bertz CT molecular complexity index is 1090. The normalized spacial score (nSPS) is 15.6. The number of carbonyl (C=O) groups is 1. The quantitative estimate of drug-likeness (QED) is 0.589. The Balaban J connectivity index is 1.28. The van der Waals surface area contributed by atoms with Gasteiger partial charge in [0.25, 0.3) is 5.91 Å². The first-order valence-corrected chi connectivity index (χ1v) is 9.36. The van der Waals surface area contributed by atoms with Gasteiger partial charge in [-0.15, -0.1) is 11.3 Å². The van der Waals surface area contributed by atoms with Gasteiger partial charge in [-0.1, -0.05) is 24.3 Å². The average Bonchev–Trinajstić information content (AvgIpc) is 3.30. The van der Waals surface area contributed by atoms with Crippen molar-refractivity contribution in [2.45, 2.75) is 6.10 Å². The minimum absolute atomic E-state index is 0.187. The van der Waals surface area contributed by atoms with Crippen LogP contribution in [-0.4, -0.2) is 28.0 Å². The molecule has 0 saturated carbocycles. The van der Waals surface area contributed by atoms with Gasteiger partial charge in [0.2, 0.25) is 6.10 Å². The van der Waals surface area contributed by atoms with E-state index in [9.17, 15) is 4.79 Å². The Morgan fingerprint density at radius 3 is 2.78 bits per heavy atom. The maximum absolute atomic E-state index is 12.5. The molecule has 1 N–H and O–H groups in total. The van der Waals surface area contributed by atoms with E-state index in [0.717, 1.165) is 16.2 Å². The van der Waals surface area contributed by atoms with E-state index < -0.39 is 6.10 Å². The highest BCUT2D eigenvalue weighted by Gasteiger charge is 2.27. The van der Waals surface area contributed by atoms with E-state index in [4.69, 9.17) is 9.47 Å². The van der Waals surface area contributed by atoms with Crippen LogP contribution in [0.5, 0.6) is 11.5 Å². The Labute approximate surface area is 159 Å². The number of hydrogen-bond acceptors (Lipinski definition) is 5. The molecule has 1 aliphatic heterocycles. The molecule has 1 amide bonds. The summed E-state index contributed by atoms with van der Waals surface area (Å²) in [6.07, 6.45) is 3.29. The lowest BCUT2D eigenvalue weighted by atomic mass is 10.1. The Kier molecular flexibility index (Phi) is 3.79. The molecule has 0 bridgehead atoms. The van der Waals surface area contributed by atoms with E-state index in [0.29, 0.717) is 17.2 Å². The number of fused-ring (bicyclic) bond motifs is 2. The Hall–Kier alpha value is -3.32. The van der Waals surface area contributed by atoms with E-state index in [1.54, 1.807) is 17.4 Å². The summed E-state index contributed by atoms with van der Waals surface area (Å²) in [5.41, 5.74) is 2.60. The predicted octanol–water partition coefficient (Wildman–Crippen LogP) is 3.84. The van der Waals surface area contributed by atoms with Crippen molar-refractivity contribution in [1.29, 1.82) is 0 Å². The lowest BCUT2D eigenvalue weighted by Gasteiger charge is -2.25. The number of para-hydroxylation sites is 2. The van der Waals surface area contributed by atoms with Crippen LogP contribution in [-0.2, 0) is 4.79 Å². The van der Waals surface area contributed by atoms with Crippen molar-refractivity contribution < 1.29 is 14.3 Å². The zero-order valence-electron chi connectivity index (χ0n) is 14.2. The Morgan fingerprint density at radius 2 is 1.96 bits per heavy atom. The average molecular weight is 377 g/mol. The second kappa shape index (κ2) is 6.44. The number of benzene rings is 2. The maximum Gasteiger partial charge on any atom is 0.269 e. The number of ether oxygens (including phenoxy) is 2. The van der Waals surface area contributed by atoms with Gasteiger partial charge in [-0.3, -0.25) is 9.20 Å². The first-order valence-electron chi connectivity index (χ1n) is 8.48. The number of thiazole rings is 1. The van der Waals surface area contributed by atoms with Crippen molar-refractivity contribution in [2.24, 2.45) is 0 Å². The fraction of sp³-hybridized carbons (Fsp3) is 0.100. The first-order chi connectivity index (χ1) is 13.3. The molecular formula is C20H15N3O3S. The molecule has 1 aliphatic rings. The van der Waals surface area contributed by atoms with Gasteiger partial charge in [-0.25, -0.2) is 4.98 Å². The van der Waals surface area contributed by atoms with Crippen molar-refractivity contribution in [1.82, 2.24) is 9.38 Å². The van der Waals surface area contributed by atoms with Crippen LogP contribution in [0.25, 0.3) is 16.2 Å². The number of nitrogens with zero attached hydrogens (tertiary/aromatic N) is 2. The van der Waals surface area contributed by atoms with Crippen molar-refractivity contribution in [2.75, 3.05) is 11.9 Å². The van der Waals surface area contributed by atoms with Crippen molar-refractivity contribution in [3.8, 4) is 22.8 Å². The summed E-state index contributed by atoms with van der Waals surface area (Å²) in [5.74, 6) is 1.00. The number of aromatic nitrogens is 2. The first kappa shape index (κ1) is 15.9. The predicted molar refractivity (Wildman–Crippen MR) is 103 cm³/mol. The molecule has 0 spiro atoms. The monoisotopic (exact) mass is 377 g/mol. The molecule has 0 saturated heterocycles. The van der Waals surface area contributed by atoms with E-state index in [1.807, 2.05) is 64.6 Å². The summed E-state index contributed by atoms with van der Waals surface area (Å²) in [6, 6.07) is 14.9. The summed E-state index contributed by atoms with van der Waals surface area (Å²) in [4.78, 5) is 18.0. The largest absolute Gasteiger partial charge is 0.485 e. The molecule has 2 aromatic carbocycles. The van der Waals surface area contributed by atoms with Gasteiger partial charge in [0.05, 0.1) is 5.69 Å². The van der Waals surface area contributed by atoms with Gasteiger partial charge in [-0.2, -0.15) is 0 Å². The standard InChI is InChI=1S/C20H15N3O3S/c24-19(18-12-25-16-3-1-2-4-17(16)26-18)21-14-7-5-13(6-8-14)15-11-23-9-10-27-20(23)22-15/h1-11,18H,12H2,(H,21,24)/t18-/m0/s1. The van der Waals surface area contributed by atoms with Gasteiger partial charge < -0.3 is 14.8 Å². The molecule has 7 heteroatoms. The van der Waals surface area contributed by atoms with Crippen LogP contribution in [0.3, 0.4) is 0 Å². The second-order valence-corrected chi connectivity index (χ2v) is 7.02. The second-order valence-electron chi connectivity index (χ2n) is 6.15. The van der Waals surface area contributed by atoms with Crippen LogP contribution in [0.15, 0.2) is 66.3 Å². The van der Waals surface area contributed by atoms with Crippen molar-refractivity contribution in [3.05, 3.63) is 66.3 Å². The number of imidazole rings is 1. The molecule has 1 atom stereocenters. The van der Waals surface area contributed by atoms with Gasteiger partial charge in [-0.05, 0) is 24.3 Å². The topological polar surface area (TPSA) is 64.9 Å². The van der Waals surface area contributed by atoms with Gasteiger partial charge >= 0.3 is 0 Å².